The van der Waals surface area contributed by atoms with Crippen LogP contribution in [0.2, 0.25) is 0 Å². The van der Waals surface area contributed by atoms with Crippen LogP contribution in [-0.2, 0) is 16.2 Å². The second-order valence-electron chi connectivity index (χ2n) is 5.56. The first-order chi connectivity index (χ1) is 12.7. The van der Waals surface area contributed by atoms with E-state index in [0.29, 0.717) is 11.1 Å². The summed E-state index contributed by atoms with van der Waals surface area (Å²) in [6, 6.07) is 11.9. The number of sulfonamides is 1. The SMILES string of the molecule is CCNS(=O)(=O)c1ccc(Nc2nc(C(F)(F)F)nc3ccccc23)cc1. The van der Waals surface area contributed by atoms with E-state index < -0.39 is 22.0 Å². The third-order valence-electron chi connectivity index (χ3n) is 3.62. The molecule has 0 aliphatic heterocycles. The number of fused-ring (bicyclic) bond motifs is 1. The number of halogens is 3. The number of alkyl halides is 3. The van der Waals surface area contributed by atoms with E-state index in [2.05, 4.69) is 20.0 Å². The van der Waals surface area contributed by atoms with Crippen molar-refractivity contribution in [2.75, 3.05) is 11.9 Å². The van der Waals surface area contributed by atoms with Gasteiger partial charge in [0.2, 0.25) is 15.8 Å². The molecule has 3 rings (SSSR count). The summed E-state index contributed by atoms with van der Waals surface area (Å²) in [5.74, 6) is -1.27. The average molecular weight is 396 g/mol. The standard InChI is InChI=1S/C17H15F3N4O2S/c1-2-21-27(25,26)12-9-7-11(8-10-12)22-15-13-5-3-4-6-14(13)23-16(24-15)17(18,19)20/h3-10,21H,2H2,1H3,(H,22,23,24). The van der Waals surface area contributed by atoms with Crippen LogP contribution in [0, 0.1) is 0 Å². The molecule has 0 fully saturated rings. The Morgan fingerprint density at radius 3 is 2.30 bits per heavy atom. The smallest absolute Gasteiger partial charge is 0.340 e. The van der Waals surface area contributed by atoms with Crippen LogP contribution >= 0.6 is 0 Å². The average Bonchev–Trinajstić information content (AvgIpc) is 2.61. The number of para-hydroxylation sites is 1. The molecule has 0 bridgehead atoms. The van der Waals surface area contributed by atoms with Gasteiger partial charge in [0, 0.05) is 17.6 Å². The number of anilines is 2. The van der Waals surface area contributed by atoms with Gasteiger partial charge in [0.15, 0.2) is 0 Å². The summed E-state index contributed by atoms with van der Waals surface area (Å²) in [4.78, 5) is 7.20. The normalized spacial score (nSPS) is 12.3. The number of aromatic nitrogens is 2. The molecule has 0 saturated heterocycles. The van der Waals surface area contributed by atoms with Crippen LogP contribution < -0.4 is 10.0 Å². The van der Waals surface area contributed by atoms with Crippen LogP contribution in [0.1, 0.15) is 12.7 Å². The van der Waals surface area contributed by atoms with Gasteiger partial charge in [0.25, 0.3) is 0 Å². The Morgan fingerprint density at radius 2 is 1.67 bits per heavy atom. The largest absolute Gasteiger partial charge is 0.451 e. The molecule has 3 aromatic rings. The molecule has 0 radical (unpaired) electrons. The van der Waals surface area contributed by atoms with E-state index >= 15 is 0 Å². The fourth-order valence-corrected chi connectivity index (χ4v) is 3.47. The Kier molecular flexibility index (Phi) is 5.03. The maximum absolute atomic E-state index is 13.1. The minimum absolute atomic E-state index is 0.0183. The molecule has 0 aliphatic carbocycles. The van der Waals surface area contributed by atoms with Crippen molar-refractivity contribution >= 4 is 32.4 Å². The maximum Gasteiger partial charge on any atom is 0.451 e. The Labute approximate surface area is 153 Å². The summed E-state index contributed by atoms with van der Waals surface area (Å²) in [5, 5.41) is 3.22. The summed E-state index contributed by atoms with van der Waals surface area (Å²) in [6.45, 7) is 1.90. The lowest BCUT2D eigenvalue weighted by molar-refractivity contribution is -0.144. The first kappa shape index (κ1) is 19.1. The van der Waals surface area contributed by atoms with E-state index in [0.717, 1.165) is 0 Å². The fourth-order valence-electron chi connectivity index (χ4n) is 2.43. The molecule has 27 heavy (non-hydrogen) atoms. The van der Waals surface area contributed by atoms with Gasteiger partial charge in [-0.2, -0.15) is 13.2 Å². The van der Waals surface area contributed by atoms with E-state index in [1.807, 2.05) is 0 Å². The molecular formula is C17H15F3N4O2S. The van der Waals surface area contributed by atoms with Gasteiger partial charge < -0.3 is 5.32 Å². The number of hydrogen-bond donors (Lipinski definition) is 2. The van der Waals surface area contributed by atoms with Gasteiger partial charge in [-0.05, 0) is 36.4 Å². The van der Waals surface area contributed by atoms with E-state index in [4.69, 9.17) is 0 Å². The Hall–Kier alpha value is -2.72. The Balaban J connectivity index is 1.99. The number of nitrogens with one attached hydrogen (secondary N) is 2. The van der Waals surface area contributed by atoms with Crippen LogP contribution in [0.3, 0.4) is 0 Å². The number of rotatable bonds is 5. The fraction of sp³-hybridized carbons (Fsp3) is 0.176. The highest BCUT2D eigenvalue weighted by molar-refractivity contribution is 7.89. The molecule has 0 saturated carbocycles. The molecule has 142 valence electrons. The molecule has 0 atom stereocenters. The minimum Gasteiger partial charge on any atom is -0.340 e. The monoisotopic (exact) mass is 396 g/mol. The van der Waals surface area contributed by atoms with Crippen molar-refractivity contribution in [2.24, 2.45) is 0 Å². The van der Waals surface area contributed by atoms with Crippen LogP contribution in [0.25, 0.3) is 10.9 Å². The van der Waals surface area contributed by atoms with Gasteiger partial charge in [-0.1, -0.05) is 19.1 Å². The lowest BCUT2D eigenvalue weighted by Crippen LogP contribution is -2.22. The van der Waals surface area contributed by atoms with Crippen LogP contribution in [-0.4, -0.2) is 24.9 Å². The summed E-state index contributed by atoms with van der Waals surface area (Å²) in [7, 11) is -3.61. The first-order valence-corrected chi connectivity index (χ1v) is 9.40. The van der Waals surface area contributed by atoms with Gasteiger partial charge in [0.1, 0.15) is 5.82 Å². The molecule has 0 amide bonds. The van der Waals surface area contributed by atoms with Gasteiger partial charge in [-0.3, -0.25) is 0 Å². The summed E-state index contributed by atoms with van der Waals surface area (Å²) in [6.07, 6.45) is -4.69. The number of nitrogens with zero attached hydrogens (tertiary/aromatic N) is 2. The molecule has 10 heteroatoms. The molecule has 1 heterocycles. The summed E-state index contributed by atoms with van der Waals surface area (Å²) in [5.41, 5.74) is 0.538. The van der Waals surface area contributed by atoms with Crippen molar-refractivity contribution in [2.45, 2.75) is 18.0 Å². The van der Waals surface area contributed by atoms with Crippen molar-refractivity contribution in [1.82, 2.24) is 14.7 Å². The van der Waals surface area contributed by atoms with E-state index in [1.54, 1.807) is 25.1 Å². The van der Waals surface area contributed by atoms with Crippen LogP contribution in [0.4, 0.5) is 24.7 Å². The van der Waals surface area contributed by atoms with Crippen molar-refractivity contribution < 1.29 is 21.6 Å². The maximum atomic E-state index is 13.1. The van der Waals surface area contributed by atoms with E-state index in [1.165, 1.54) is 30.3 Å². The molecule has 2 aromatic carbocycles. The zero-order valence-corrected chi connectivity index (χ0v) is 14.9. The third kappa shape index (κ3) is 4.17. The second-order valence-corrected chi connectivity index (χ2v) is 7.33. The molecule has 0 unspecified atom stereocenters. The van der Waals surface area contributed by atoms with E-state index in [-0.39, 0.29) is 22.8 Å². The van der Waals surface area contributed by atoms with Gasteiger partial charge >= 0.3 is 6.18 Å². The summed E-state index contributed by atoms with van der Waals surface area (Å²) < 4.78 is 65.5. The van der Waals surface area contributed by atoms with Gasteiger partial charge in [0.05, 0.1) is 10.4 Å². The lowest BCUT2D eigenvalue weighted by Gasteiger charge is -2.12. The molecule has 2 N–H and O–H groups in total. The quantitative estimate of drug-likeness (QED) is 0.687. The molecular weight excluding hydrogens is 381 g/mol. The van der Waals surface area contributed by atoms with Crippen molar-refractivity contribution in [3.8, 4) is 0 Å². The van der Waals surface area contributed by atoms with Gasteiger partial charge in [-0.25, -0.2) is 23.1 Å². The van der Waals surface area contributed by atoms with Crippen LogP contribution in [0.5, 0.6) is 0 Å². The predicted octanol–water partition coefficient (Wildman–Crippen LogP) is 3.69. The zero-order valence-electron chi connectivity index (χ0n) is 14.1. The Morgan fingerprint density at radius 1 is 1.00 bits per heavy atom. The topological polar surface area (TPSA) is 84.0 Å². The van der Waals surface area contributed by atoms with Crippen molar-refractivity contribution in [3.63, 3.8) is 0 Å². The van der Waals surface area contributed by atoms with Crippen molar-refractivity contribution in [1.29, 1.82) is 0 Å². The highest BCUT2D eigenvalue weighted by atomic mass is 32.2. The zero-order chi connectivity index (χ0) is 19.7. The predicted molar refractivity (Wildman–Crippen MR) is 95.1 cm³/mol. The van der Waals surface area contributed by atoms with E-state index in [9.17, 15) is 21.6 Å². The minimum atomic E-state index is -4.69. The van der Waals surface area contributed by atoms with Crippen LogP contribution in [0.15, 0.2) is 53.4 Å². The molecule has 6 nitrogen and oxygen atoms in total. The van der Waals surface area contributed by atoms with Crippen molar-refractivity contribution in [3.05, 3.63) is 54.4 Å². The number of hydrogen-bond acceptors (Lipinski definition) is 5. The highest BCUT2D eigenvalue weighted by Crippen LogP contribution is 2.31. The lowest BCUT2D eigenvalue weighted by atomic mass is 10.2. The first-order valence-electron chi connectivity index (χ1n) is 7.91. The highest BCUT2D eigenvalue weighted by Gasteiger charge is 2.35. The second kappa shape index (κ2) is 7.12. The Bertz CT molecular complexity index is 1070. The molecule has 0 aliphatic rings. The molecule has 0 spiro atoms. The summed E-state index contributed by atoms with van der Waals surface area (Å²) >= 11 is 0. The molecule has 1 aromatic heterocycles. The van der Waals surface area contributed by atoms with Gasteiger partial charge in [-0.15, -0.1) is 0 Å². The third-order valence-corrected chi connectivity index (χ3v) is 5.18. The number of benzene rings is 2.